The van der Waals surface area contributed by atoms with Gasteiger partial charge in [0.2, 0.25) is 5.91 Å². The Hall–Kier alpha value is -1.99. The highest BCUT2D eigenvalue weighted by molar-refractivity contribution is 5.82. The van der Waals surface area contributed by atoms with Crippen molar-refractivity contribution in [3.8, 4) is 18.1 Å². The lowest BCUT2D eigenvalue weighted by Crippen LogP contribution is -2.42. The maximum atomic E-state index is 12.0. The summed E-state index contributed by atoms with van der Waals surface area (Å²) in [7, 11) is 1.63. The van der Waals surface area contributed by atoms with Crippen LogP contribution in [0, 0.1) is 18.3 Å². The topological polar surface area (TPSA) is 64.4 Å². The minimum Gasteiger partial charge on any atom is -0.497 e. The summed E-state index contributed by atoms with van der Waals surface area (Å²) in [6.07, 6.45) is 7.70. The molecule has 1 saturated carbocycles. The number of terminal acetylenes is 1. The summed E-state index contributed by atoms with van der Waals surface area (Å²) >= 11 is 0. The van der Waals surface area contributed by atoms with Gasteiger partial charge in [0.15, 0.2) is 0 Å². The van der Waals surface area contributed by atoms with Crippen LogP contribution >= 0.6 is 0 Å². The average Bonchev–Trinajstić information content (AvgIpc) is 3.29. The van der Waals surface area contributed by atoms with E-state index in [9.17, 15) is 4.79 Å². The summed E-state index contributed by atoms with van der Waals surface area (Å²) in [4.78, 5) is 12.0. The Kier molecular flexibility index (Phi) is 4.65. The van der Waals surface area contributed by atoms with E-state index in [1.165, 1.54) is 0 Å². The largest absolute Gasteiger partial charge is 0.497 e. The smallest absolute Gasteiger partial charge is 0.238 e. The fourth-order valence-corrected chi connectivity index (χ4v) is 2.19. The van der Waals surface area contributed by atoms with Gasteiger partial charge in [-0.25, -0.2) is 0 Å². The first-order valence-electron chi connectivity index (χ1n) is 6.79. The molecular weight excluding hydrogens is 252 g/mol. The molecule has 20 heavy (non-hydrogen) atoms. The Morgan fingerprint density at radius 1 is 1.50 bits per heavy atom. The summed E-state index contributed by atoms with van der Waals surface area (Å²) < 4.78 is 5.15. The molecule has 106 valence electrons. The maximum Gasteiger partial charge on any atom is 0.238 e. The fraction of sp³-hybridized carbons (Fsp3) is 0.438. The second-order valence-corrected chi connectivity index (χ2v) is 5.11. The summed E-state index contributed by atoms with van der Waals surface area (Å²) in [5.74, 6) is 3.53. The third kappa shape index (κ3) is 3.52. The Bertz CT molecular complexity index is 500. The monoisotopic (exact) mass is 272 g/mol. The van der Waals surface area contributed by atoms with Crippen molar-refractivity contribution < 1.29 is 9.53 Å². The SMILES string of the molecule is C#CCC(N)C(=O)NC(c1ccc(OC)cc1)C1CC1. The lowest BCUT2D eigenvalue weighted by Gasteiger charge is -2.21. The molecule has 0 heterocycles. The molecule has 1 fully saturated rings. The van der Waals surface area contributed by atoms with Crippen molar-refractivity contribution in [1.82, 2.24) is 5.32 Å². The first kappa shape index (κ1) is 14.4. The second kappa shape index (κ2) is 6.44. The minimum atomic E-state index is -0.639. The normalized spacial score (nSPS) is 16.9. The van der Waals surface area contributed by atoms with Gasteiger partial charge in [0.25, 0.3) is 0 Å². The number of hydrogen-bond donors (Lipinski definition) is 2. The Balaban J connectivity index is 2.07. The van der Waals surface area contributed by atoms with Crippen molar-refractivity contribution in [2.75, 3.05) is 7.11 Å². The van der Waals surface area contributed by atoms with Crippen LogP contribution in [0.3, 0.4) is 0 Å². The summed E-state index contributed by atoms with van der Waals surface area (Å²) in [5, 5.41) is 3.02. The molecule has 0 aliphatic heterocycles. The molecule has 1 aliphatic rings. The highest BCUT2D eigenvalue weighted by atomic mass is 16.5. The molecule has 1 amide bonds. The predicted octanol–water partition coefficient (Wildman–Crippen LogP) is 1.61. The zero-order valence-electron chi connectivity index (χ0n) is 11.6. The number of amides is 1. The lowest BCUT2D eigenvalue weighted by atomic mass is 10.0. The molecule has 2 atom stereocenters. The van der Waals surface area contributed by atoms with Gasteiger partial charge >= 0.3 is 0 Å². The highest BCUT2D eigenvalue weighted by Gasteiger charge is 2.34. The van der Waals surface area contributed by atoms with E-state index in [1.54, 1.807) is 7.11 Å². The van der Waals surface area contributed by atoms with E-state index in [0.717, 1.165) is 24.2 Å². The third-order valence-corrected chi connectivity index (χ3v) is 3.54. The third-order valence-electron chi connectivity index (χ3n) is 3.54. The van der Waals surface area contributed by atoms with Crippen LogP contribution in [0.25, 0.3) is 0 Å². The van der Waals surface area contributed by atoms with Crippen molar-refractivity contribution in [2.45, 2.75) is 31.3 Å². The van der Waals surface area contributed by atoms with Gasteiger partial charge < -0.3 is 15.8 Å². The molecule has 0 bridgehead atoms. The molecule has 0 aromatic heterocycles. The van der Waals surface area contributed by atoms with Crippen LogP contribution in [-0.2, 0) is 4.79 Å². The minimum absolute atomic E-state index is 0.0113. The molecule has 0 spiro atoms. The molecule has 4 heteroatoms. The Morgan fingerprint density at radius 2 is 2.15 bits per heavy atom. The summed E-state index contributed by atoms with van der Waals surface area (Å²) in [5.41, 5.74) is 6.82. The molecule has 4 nitrogen and oxygen atoms in total. The molecule has 1 aliphatic carbocycles. The number of methoxy groups -OCH3 is 1. The molecule has 2 rings (SSSR count). The quantitative estimate of drug-likeness (QED) is 0.773. The Labute approximate surface area is 119 Å². The van der Waals surface area contributed by atoms with Crippen molar-refractivity contribution in [1.29, 1.82) is 0 Å². The zero-order chi connectivity index (χ0) is 14.5. The number of rotatable bonds is 6. The van der Waals surface area contributed by atoms with Crippen molar-refractivity contribution in [3.05, 3.63) is 29.8 Å². The van der Waals surface area contributed by atoms with Gasteiger partial charge in [-0.3, -0.25) is 4.79 Å². The van der Waals surface area contributed by atoms with Crippen molar-refractivity contribution in [3.63, 3.8) is 0 Å². The predicted molar refractivity (Wildman–Crippen MR) is 78.0 cm³/mol. The standard InChI is InChI=1S/C16H20N2O2/c1-3-4-14(17)16(19)18-15(11-5-6-11)12-7-9-13(20-2)10-8-12/h1,7-11,14-15H,4-6,17H2,2H3,(H,18,19). The zero-order valence-corrected chi connectivity index (χ0v) is 11.6. The van der Waals surface area contributed by atoms with E-state index in [2.05, 4.69) is 11.2 Å². The van der Waals surface area contributed by atoms with Crippen LogP contribution in [0.4, 0.5) is 0 Å². The van der Waals surface area contributed by atoms with Gasteiger partial charge in [0, 0.05) is 6.42 Å². The molecule has 1 aromatic carbocycles. The number of nitrogens with two attached hydrogens (primary N) is 1. The van der Waals surface area contributed by atoms with Crippen LogP contribution in [0.5, 0.6) is 5.75 Å². The van der Waals surface area contributed by atoms with Crippen LogP contribution in [-0.4, -0.2) is 19.1 Å². The second-order valence-electron chi connectivity index (χ2n) is 5.11. The Morgan fingerprint density at radius 3 is 2.65 bits per heavy atom. The number of benzene rings is 1. The molecule has 3 N–H and O–H groups in total. The molecule has 0 radical (unpaired) electrons. The van der Waals surface area contributed by atoms with Crippen LogP contribution < -0.4 is 15.8 Å². The maximum absolute atomic E-state index is 12.0. The van der Waals surface area contributed by atoms with E-state index in [-0.39, 0.29) is 18.4 Å². The van der Waals surface area contributed by atoms with Crippen LogP contribution in [0.1, 0.15) is 30.9 Å². The van der Waals surface area contributed by atoms with Gasteiger partial charge in [0.1, 0.15) is 5.75 Å². The van der Waals surface area contributed by atoms with Crippen LogP contribution in [0.15, 0.2) is 24.3 Å². The van der Waals surface area contributed by atoms with Crippen molar-refractivity contribution >= 4 is 5.91 Å². The van der Waals surface area contributed by atoms with E-state index in [4.69, 9.17) is 16.9 Å². The lowest BCUT2D eigenvalue weighted by molar-refractivity contribution is -0.123. The fourth-order valence-electron chi connectivity index (χ4n) is 2.19. The first-order chi connectivity index (χ1) is 9.65. The molecule has 1 aromatic rings. The van der Waals surface area contributed by atoms with E-state index >= 15 is 0 Å². The van der Waals surface area contributed by atoms with Gasteiger partial charge in [-0.1, -0.05) is 12.1 Å². The van der Waals surface area contributed by atoms with E-state index in [0.29, 0.717) is 5.92 Å². The number of carbonyl (C=O) groups excluding carboxylic acids is 1. The van der Waals surface area contributed by atoms with Gasteiger partial charge in [0.05, 0.1) is 19.2 Å². The molecule has 2 unspecified atom stereocenters. The molecular formula is C16H20N2O2. The van der Waals surface area contributed by atoms with Crippen molar-refractivity contribution in [2.24, 2.45) is 11.7 Å². The van der Waals surface area contributed by atoms with Crippen LogP contribution in [0.2, 0.25) is 0 Å². The molecule has 0 saturated heterocycles. The highest BCUT2D eigenvalue weighted by Crippen LogP contribution is 2.41. The first-order valence-corrected chi connectivity index (χ1v) is 6.79. The number of ether oxygens (including phenoxy) is 1. The van der Waals surface area contributed by atoms with E-state index in [1.807, 2.05) is 24.3 Å². The van der Waals surface area contributed by atoms with Gasteiger partial charge in [-0.15, -0.1) is 12.3 Å². The van der Waals surface area contributed by atoms with Gasteiger partial charge in [-0.2, -0.15) is 0 Å². The van der Waals surface area contributed by atoms with E-state index < -0.39 is 6.04 Å². The average molecular weight is 272 g/mol. The number of carbonyl (C=O) groups is 1. The summed E-state index contributed by atoms with van der Waals surface area (Å²) in [6, 6.07) is 7.14. The number of nitrogens with one attached hydrogen (secondary N) is 1. The summed E-state index contributed by atoms with van der Waals surface area (Å²) in [6.45, 7) is 0. The van der Waals surface area contributed by atoms with Gasteiger partial charge in [-0.05, 0) is 36.5 Å². The number of hydrogen-bond acceptors (Lipinski definition) is 3.